The Morgan fingerprint density at radius 2 is 0.730 bits per heavy atom. The number of benzene rings is 10. The second kappa shape index (κ2) is 15.1. The molecule has 2 nitrogen and oxygen atoms in total. The Labute approximate surface area is 369 Å². The fourth-order valence-corrected chi connectivity index (χ4v) is 10.5. The summed E-state index contributed by atoms with van der Waals surface area (Å²) in [6, 6.07) is 93.4. The highest BCUT2D eigenvalue weighted by Crippen LogP contribution is 2.65. The molecule has 0 atom stereocenters. The molecule has 0 radical (unpaired) electrons. The second-order valence-corrected chi connectivity index (χ2v) is 16.4. The summed E-state index contributed by atoms with van der Waals surface area (Å²) in [5, 5.41) is 0. The van der Waals surface area contributed by atoms with Crippen molar-refractivity contribution >= 4 is 34.1 Å². The zero-order valence-corrected chi connectivity index (χ0v) is 34.6. The summed E-state index contributed by atoms with van der Waals surface area (Å²) in [6.07, 6.45) is 0. The normalized spacial score (nSPS) is 12.9. The molecule has 0 N–H and O–H groups in total. The van der Waals surface area contributed by atoms with Gasteiger partial charge in [0, 0.05) is 28.1 Å². The SMILES string of the molecule is c1ccc(-c2ccc(N(c3cccc4c3-c3ccccc3C43c4ccccc4N(c4ccccc4)c4ccccc43)c3c(-c4ccccc4)cccc3-c3ccccc3)cc2)cc1. The molecule has 1 aliphatic heterocycles. The Morgan fingerprint density at radius 1 is 0.302 bits per heavy atom. The van der Waals surface area contributed by atoms with Crippen LogP contribution in [0.5, 0.6) is 0 Å². The standard InChI is InChI=1S/C61H42N2/c1-5-21-43(22-6-1)44-39-41-48(42-40-44)63(60-49(45-23-7-2-8-24-45)30-19-31-50(60)46-25-9-3-10-26-46)58-38-20-35-55-59(58)51-29-13-14-32-52(51)61(55)53-33-15-17-36-56(53)62(47-27-11-4-12-28-47)57-37-18-16-34-54(57)61/h1-42H. The van der Waals surface area contributed by atoms with Crippen LogP contribution in [-0.2, 0) is 5.41 Å². The molecule has 63 heavy (non-hydrogen) atoms. The van der Waals surface area contributed by atoms with E-state index in [1.165, 1.54) is 55.9 Å². The molecule has 12 rings (SSSR count). The van der Waals surface area contributed by atoms with Crippen molar-refractivity contribution in [2.75, 3.05) is 9.80 Å². The van der Waals surface area contributed by atoms with E-state index in [1.54, 1.807) is 0 Å². The summed E-state index contributed by atoms with van der Waals surface area (Å²) in [4.78, 5) is 4.99. The van der Waals surface area contributed by atoms with Crippen molar-refractivity contribution in [2.24, 2.45) is 0 Å². The Hall–Kier alpha value is -8.20. The molecule has 1 aliphatic carbocycles. The smallest absolute Gasteiger partial charge is 0.0755 e. The van der Waals surface area contributed by atoms with Gasteiger partial charge in [0.1, 0.15) is 0 Å². The first kappa shape index (κ1) is 36.6. The lowest BCUT2D eigenvalue weighted by Gasteiger charge is -2.45. The Bertz CT molecular complexity index is 3160. The molecule has 0 aromatic heterocycles. The number of para-hydroxylation sites is 4. The van der Waals surface area contributed by atoms with Gasteiger partial charge in [-0.3, -0.25) is 0 Å². The van der Waals surface area contributed by atoms with Crippen LogP contribution in [0.3, 0.4) is 0 Å². The zero-order chi connectivity index (χ0) is 41.7. The number of rotatable bonds is 7. The number of hydrogen-bond acceptors (Lipinski definition) is 2. The van der Waals surface area contributed by atoms with Crippen molar-refractivity contribution in [2.45, 2.75) is 5.41 Å². The van der Waals surface area contributed by atoms with Gasteiger partial charge in [-0.15, -0.1) is 0 Å². The van der Waals surface area contributed by atoms with Crippen LogP contribution in [0.25, 0.3) is 44.5 Å². The fraction of sp³-hybridized carbons (Fsp3) is 0.0164. The molecule has 1 spiro atoms. The highest BCUT2D eigenvalue weighted by Gasteiger charge is 2.52. The topological polar surface area (TPSA) is 6.48 Å². The molecular formula is C61H42N2. The summed E-state index contributed by atoms with van der Waals surface area (Å²) in [6.45, 7) is 0. The molecule has 0 unspecified atom stereocenters. The molecule has 0 bridgehead atoms. The van der Waals surface area contributed by atoms with E-state index in [0.717, 1.165) is 45.0 Å². The number of hydrogen-bond donors (Lipinski definition) is 0. The first-order valence-corrected chi connectivity index (χ1v) is 21.8. The highest BCUT2D eigenvalue weighted by atomic mass is 15.2. The van der Waals surface area contributed by atoms with Gasteiger partial charge < -0.3 is 9.80 Å². The van der Waals surface area contributed by atoms with Gasteiger partial charge in [-0.05, 0) is 92.5 Å². The van der Waals surface area contributed by atoms with Gasteiger partial charge in [-0.1, -0.05) is 212 Å². The maximum Gasteiger partial charge on any atom is 0.0755 e. The van der Waals surface area contributed by atoms with Crippen molar-refractivity contribution in [1.29, 1.82) is 0 Å². The summed E-state index contributed by atoms with van der Waals surface area (Å²) in [7, 11) is 0. The first-order chi connectivity index (χ1) is 31.3. The molecule has 1 heterocycles. The summed E-state index contributed by atoms with van der Waals surface area (Å²) < 4.78 is 0. The van der Waals surface area contributed by atoms with Gasteiger partial charge in [-0.25, -0.2) is 0 Å². The van der Waals surface area contributed by atoms with Gasteiger partial charge in [0.15, 0.2) is 0 Å². The number of fused-ring (bicyclic) bond motifs is 9. The first-order valence-electron chi connectivity index (χ1n) is 21.8. The van der Waals surface area contributed by atoms with Crippen molar-refractivity contribution in [3.8, 4) is 44.5 Å². The predicted molar refractivity (Wildman–Crippen MR) is 263 cm³/mol. The van der Waals surface area contributed by atoms with Crippen molar-refractivity contribution in [1.82, 2.24) is 0 Å². The van der Waals surface area contributed by atoms with Crippen molar-refractivity contribution in [3.05, 3.63) is 277 Å². The lowest BCUT2D eigenvalue weighted by molar-refractivity contribution is 0.752. The minimum Gasteiger partial charge on any atom is -0.310 e. The molecular weight excluding hydrogens is 761 g/mol. The maximum absolute atomic E-state index is 2.55. The average molecular weight is 803 g/mol. The molecule has 296 valence electrons. The van der Waals surface area contributed by atoms with Gasteiger partial charge in [-0.2, -0.15) is 0 Å². The molecule has 2 aliphatic rings. The van der Waals surface area contributed by atoms with E-state index >= 15 is 0 Å². The Morgan fingerprint density at radius 3 is 1.32 bits per heavy atom. The zero-order valence-electron chi connectivity index (χ0n) is 34.6. The molecule has 0 saturated carbocycles. The lowest BCUT2D eigenvalue weighted by atomic mass is 9.64. The second-order valence-electron chi connectivity index (χ2n) is 16.4. The van der Waals surface area contributed by atoms with Crippen LogP contribution in [0.15, 0.2) is 255 Å². The van der Waals surface area contributed by atoms with Crippen LogP contribution in [0, 0.1) is 0 Å². The molecule has 0 saturated heterocycles. The van der Waals surface area contributed by atoms with Crippen molar-refractivity contribution < 1.29 is 0 Å². The third kappa shape index (κ3) is 5.72. The summed E-state index contributed by atoms with van der Waals surface area (Å²) in [5.41, 5.74) is 20.9. The summed E-state index contributed by atoms with van der Waals surface area (Å²) >= 11 is 0. The lowest BCUT2D eigenvalue weighted by Crippen LogP contribution is -2.36. The predicted octanol–water partition coefficient (Wildman–Crippen LogP) is 16.3. The minimum atomic E-state index is -0.593. The van der Waals surface area contributed by atoms with Crippen LogP contribution in [-0.4, -0.2) is 0 Å². The van der Waals surface area contributed by atoms with E-state index in [4.69, 9.17) is 0 Å². The van der Waals surface area contributed by atoms with E-state index in [2.05, 4.69) is 265 Å². The van der Waals surface area contributed by atoms with Gasteiger partial charge in [0.2, 0.25) is 0 Å². The number of nitrogens with zero attached hydrogens (tertiary/aromatic N) is 2. The minimum absolute atomic E-state index is 0.593. The van der Waals surface area contributed by atoms with E-state index in [-0.39, 0.29) is 0 Å². The van der Waals surface area contributed by atoms with Gasteiger partial charge in [0.05, 0.1) is 28.2 Å². The maximum atomic E-state index is 2.55. The van der Waals surface area contributed by atoms with Crippen LogP contribution in [0.2, 0.25) is 0 Å². The third-order valence-electron chi connectivity index (χ3n) is 13.1. The van der Waals surface area contributed by atoms with Crippen LogP contribution >= 0.6 is 0 Å². The molecule has 0 amide bonds. The quantitative estimate of drug-likeness (QED) is 0.158. The third-order valence-corrected chi connectivity index (χ3v) is 13.1. The summed E-state index contributed by atoms with van der Waals surface area (Å²) in [5.74, 6) is 0. The largest absolute Gasteiger partial charge is 0.310 e. The van der Waals surface area contributed by atoms with Crippen LogP contribution < -0.4 is 9.80 Å². The molecule has 10 aromatic carbocycles. The van der Waals surface area contributed by atoms with E-state index in [1.807, 2.05) is 0 Å². The number of anilines is 6. The highest BCUT2D eigenvalue weighted by molar-refractivity contribution is 6.05. The molecule has 2 heteroatoms. The van der Waals surface area contributed by atoms with Gasteiger partial charge in [0.25, 0.3) is 0 Å². The average Bonchev–Trinajstić information content (AvgIpc) is 3.67. The fourth-order valence-electron chi connectivity index (χ4n) is 10.5. The van der Waals surface area contributed by atoms with Crippen molar-refractivity contribution in [3.63, 3.8) is 0 Å². The molecule has 0 fully saturated rings. The Balaban J connectivity index is 1.18. The Kier molecular flexibility index (Phi) is 8.76. The van der Waals surface area contributed by atoms with E-state index in [9.17, 15) is 0 Å². The van der Waals surface area contributed by atoms with Crippen LogP contribution in [0.4, 0.5) is 34.1 Å². The monoisotopic (exact) mass is 802 g/mol. The van der Waals surface area contributed by atoms with Crippen LogP contribution in [0.1, 0.15) is 22.3 Å². The molecule has 10 aromatic rings. The van der Waals surface area contributed by atoms with E-state index < -0.39 is 5.41 Å². The van der Waals surface area contributed by atoms with E-state index in [0.29, 0.717) is 0 Å². The van der Waals surface area contributed by atoms with Gasteiger partial charge >= 0.3 is 0 Å².